The first-order valence-electron chi connectivity index (χ1n) is 8.00. The smallest absolute Gasteiger partial charge is 0.293 e. The van der Waals surface area contributed by atoms with E-state index in [1.807, 2.05) is 48.5 Å². The van der Waals surface area contributed by atoms with Gasteiger partial charge in [-0.2, -0.15) is 10.2 Å². The fraction of sp³-hybridized carbons (Fsp3) is 0.105. The molecule has 27 heavy (non-hydrogen) atoms. The Labute approximate surface area is 169 Å². The van der Waals surface area contributed by atoms with Crippen LogP contribution in [0, 0.1) is 0 Å². The van der Waals surface area contributed by atoms with E-state index >= 15 is 0 Å². The number of nitrogens with zero attached hydrogens (tertiary/aromatic N) is 3. The van der Waals surface area contributed by atoms with Crippen molar-refractivity contribution in [3.8, 4) is 5.75 Å². The Bertz CT molecular complexity index is 953. The monoisotopic (exact) mass is 446 g/mol. The molecule has 1 aromatic heterocycles. The van der Waals surface area contributed by atoms with Crippen LogP contribution in [0.5, 0.6) is 5.75 Å². The number of nitrogens with one attached hydrogen (secondary N) is 1. The summed E-state index contributed by atoms with van der Waals surface area (Å²) in [5.74, 6) is 0.354. The molecule has 6 nitrogen and oxygen atoms in total. The van der Waals surface area contributed by atoms with Crippen LogP contribution in [-0.4, -0.2) is 29.0 Å². The lowest BCUT2D eigenvalue weighted by Crippen LogP contribution is -2.19. The minimum absolute atomic E-state index is 0.260. The molecule has 0 saturated carbocycles. The molecule has 1 heterocycles. The molecule has 0 aliphatic rings. The Kier molecular flexibility index (Phi) is 6.26. The molecule has 138 valence electrons. The van der Waals surface area contributed by atoms with E-state index in [2.05, 4.69) is 31.6 Å². The summed E-state index contributed by atoms with van der Waals surface area (Å²) in [6.45, 7) is 0.526. The van der Waals surface area contributed by atoms with Crippen molar-refractivity contribution in [2.45, 2.75) is 6.54 Å². The maximum absolute atomic E-state index is 12.3. The van der Waals surface area contributed by atoms with Gasteiger partial charge in [-0.25, -0.2) is 5.43 Å². The number of hydrazone groups is 1. The lowest BCUT2D eigenvalue weighted by atomic mass is 10.2. The van der Waals surface area contributed by atoms with Gasteiger partial charge in [0.15, 0.2) is 5.69 Å². The molecule has 0 bridgehead atoms. The molecule has 0 radical (unpaired) electrons. The molecular weight excluding hydrogens is 432 g/mol. The fourth-order valence-corrected chi connectivity index (χ4v) is 2.94. The molecular formula is C19H16BrClN4O2. The first kappa shape index (κ1) is 19.1. The van der Waals surface area contributed by atoms with Gasteiger partial charge in [0.2, 0.25) is 0 Å². The SMILES string of the molecule is COc1ccc(/C=N/NC(=O)c2nn(Cc3ccc(Cl)cc3)cc2Br)cc1. The lowest BCUT2D eigenvalue weighted by Gasteiger charge is -2.02. The zero-order valence-corrected chi connectivity index (χ0v) is 16.7. The molecule has 0 aliphatic carbocycles. The Balaban J connectivity index is 1.63. The average Bonchev–Trinajstić information content (AvgIpc) is 3.04. The van der Waals surface area contributed by atoms with Crippen molar-refractivity contribution in [3.05, 3.63) is 81.0 Å². The highest BCUT2D eigenvalue weighted by Crippen LogP contribution is 2.17. The standard InChI is InChI=1S/C19H16BrClN4O2/c1-27-16-8-4-13(5-9-16)10-22-23-19(26)18-17(20)12-25(24-18)11-14-2-6-15(21)7-3-14/h2-10,12H,11H2,1H3,(H,23,26)/b22-10+. The number of carbonyl (C=O) groups excluding carboxylic acids is 1. The maximum Gasteiger partial charge on any atom is 0.293 e. The van der Waals surface area contributed by atoms with Crippen LogP contribution in [0.1, 0.15) is 21.6 Å². The lowest BCUT2D eigenvalue weighted by molar-refractivity contribution is 0.0948. The van der Waals surface area contributed by atoms with Crippen LogP contribution in [0.4, 0.5) is 0 Å². The van der Waals surface area contributed by atoms with Crippen molar-refractivity contribution < 1.29 is 9.53 Å². The summed E-state index contributed by atoms with van der Waals surface area (Å²) in [4.78, 5) is 12.3. The Morgan fingerprint density at radius 3 is 2.63 bits per heavy atom. The van der Waals surface area contributed by atoms with Gasteiger partial charge in [0.1, 0.15) is 5.75 Å². The van der Waals surface area contributed by atoms with Crippen LogP contribution < -0.4 is 10.2 Å². The van der Waals surface area contributed by atoms with Gasteiger partial charge in [0.25, 0.3) is 5.91 Å². The average molecular weight is 448 g/mol. The third kappa shape index (κ3) is 5.18. The van der Waals surface area contributed by atoms with Gasteiger partial charge in [0, 0.05) is 11.2 Å². The van der Waals surface area contributed by atoms with Crippen molar-refractivity contribution in [3.63, 3.8) is 0 Å². The van der Waals surface area contributed by atoms with E-state index in [4.69, 9.17) is 16.3 Å². The Morgan fingerprint density at radius 1 is 1.26 bits per heavy atom. The highest BCUT2D eigenvalue weighted by atomic mass is 79.9. The van der Waals surface area contributed by atoms with Crippen LogP contribution in [0.15, 0.2) is 64.3 Å². The minimum atomic E-state index is -0.401. The molecule has 0 unspecified atom stereocenters. The number of benzene rings is 2. The van der Waals surface area contributed by atoms with Gasteiger partial charge >= 0.3 is 0 Å². The van der Waals surface area contributed by atoms with Crippen LogP contribution in [-0.2, 0) is 6.54 Å². The highest BCUT2D eigenvalue weighted by Gasteiger charge is 2.14. The second kappa shape index (κ2) is 8.83. The van der Waals surface area contributed by atoms with Gasteiger partial charge in [-0.05, 0) is 63.5 Å². The summed E-state index contributed by atoms with van der Waals surface area (Å²) in [5.41, 5.74) is 4.60. The van der Waals surface area contributed by atoms with Crippen molar-refractivity contribution >= 4 is 39.7 Å². The molecule has 0 spiro atoms. The first-order valence-corrected chi connectivity index (χ1v) is 9.17. The number of halogens is 2. The molecule has 0 atom stereocenters. The summed E-state index contributed by atoms with van der Waals surface area (Å²) in [6, 6.07) is 14.8. The van der Waals surface area contributed by atoms with Gasteiger partial charge in [-0.15, -0.1) is 0 Å². The van der Waals surface area contributed by atoms with Crippen LogP contribution >= 0.6 is 27.5 Å². The summed E-state index contributed by atoms with van der Waals surface area (Å²) in [5, 5.41) is 8.95. The zero-order chi connectivity index (χ0) is 19.2. The van der Waals surface area contributed by atoms with Crippen molar-refractivity contribution in [1.82, 2.24) is 15.2 Å². The van der Waals surface area contributed by atoms with E-state index in [0.717, 1.165) is 16.9 Å². The van der Waals surface area contributed by atoms with E-state index in [9.17, 15) is 4.79 Å². The third-order valence-corrected chi connectivity index (χ3v) is 4.52. The van der Waals surface area contributed by atoms with E-state index in [-0.39, 0.29) is 5.69 Å². The normalized spacial score (nSPS) is 10.9. The number of carbonyl (C=O) groups is 1. The predicted octanol–water partition coefficient (Wildman–Crippen LogP) is 4.12. The number of amides is 1. The van der Waals surface area contributed by atoms with Crippen molar-refractivity contribution in [1.29, 1.82) is 0 Å². The van der Waals surface area contributed by atoms with Crippen molar-refractivity contribution in [2.24, 2.45) is 5.10 Å². The minimum Gasteiger partial charge on any atom is -0.497 e. The molecule has 2 aromatic carbocycles. The second-order valence-corrected chi connectivity index (χ2v) is 6.91. The summed E-state index contributed by atoms with van der Waals surface area (Å²) >= 11 is 9.26. The second-order valence-electron chi connectivity index (χ2n) is 5.62. The van der Waals surface area contributed by atoms with Crippen LogP contribution in [0.25, 0.3) is 0 Å². The number of methoxy groups -OCH3 is 1. The maximum atomic E-state index is 12.3. The van der Waals surface area contributed by atoms with E-state index < -0.39 is 5.91 Å². The van der Waals surface area contributed by atoms with Gasteiger partial charge in [-0.3, -0.25) is 9.48 Å². The number of aromatic nitrogens is 2. The summed E-state index contributed by atoms with van der Waals surface area (Å²) in [7, 11) is 1.60. The highest BCUT2D eigenvalue weighted by molar-refractivity contribution is 9.10. The molecule has 3 aromatic rings. The van der Waals surface area contributed by atoms with Gasteiger partial charge in [0.05, 0.1) is 24.3 Å². The Morgan fingerprint density at radius 2 is 1.96 bits per heavy atom. The quantitative estimate of drug-likeness (QED) is 0.456. The van der Waals surface area contributed by atoms with E-state index in [1.165, 1.54) is 0 Å². The van der Waals surface area contributed by atoms with E-state index in [0.29, 0.717) is 16.0 Å². The largest absolute Gasteiger partial charge is 0.497 e. The first-order chi connectivity index (χ1) is 13.0. The molecule has 0 saturated heterocycles. The molecule has 1 N–H and O–H groups in total. The molecule has 0 fully saturated rings. The van der Waals surface area contributed by atoms with Crippen molar-refractivity contribution in [2.75, 3.05) is 7.11 Å². The van der Waals surface area contributed by atoms with Gasteiger partial charge in [-0.1, -0.05) is 23.7 Å². The molecule has 3 rings (SSSR count). The number of ether oxygens (including phenoxy) is 1. The summed E-state index contributed by atoms with van der Waals surface area (Å²) < 4.78 is 7.36. The number of rotatable bonds is 6. The summed E-state index contributed by atoms with van der Waals surface area (Å²) in [6.07, 6.45) is 3.30. The zero-order valence-electron chi connectivity index (χ0n) is 14.4. The third-order valence-electron chi connectivity index (χ3n) is 3.69. The Hall–Kier alpha value is -2.64. The molecule has 8 heteroatoms. The fourth-order valence-electron chi connectivity index (χ4n) is 2.32. The molecule has 0 aliphatic heterocycles. The number of hydrogen-bond acceptors (Lipinski definition) is 4. The predicted molar refractivity (Wildman–Crippen MR) is 109 cm³/mol. The van der Waals surface area contributed by atoms with Crippen LogP contribution in [0.2, 0.25) is 5.02 Å². The topological polar surface area (TPSA) is 68.5 Å². The van der Waals surface area contributed by atoms with Gasteiger partial charge < -0.3 is 4.74 Å². The van der Waals surface area contributed by atoms with E-state index in [1.54, 1.807) is 24.2 Å². The number of hydrogen-bond donors (Lipinski definition) is 1. The molecule has 1 amide bonds. The van der Waals surface area contributed by atoms with Crippen LogP contribution in [0.3, 0.4) is 0 Å².